The lowest BCUT2D eigenvalue weighted by Crippen LogP contribution is -2.55. The van der Waals surface area contributed by atoms with Crippen molar-refractivity contribution in [2.45, 2.75) is 90.1 Å². The zero-order chi connectivity index (χ0) is 26.9. The van der Waals surface area contributed by atoms with Gasteiger partial charge in [-0.3, -0.25) is 14.4 Å². The molecular formula is C25H46N4O6. The van der Waals surface area contributed by atoms with Crippen molar-refractivity contribution in [2.24, 2.45) is 17.6 Å². The molecule has 1 fully saturated rings. The van der Waals surface area contributed by atoms with Crippen LogP contribution in [0, 0.1) is 11.8 Å². The first-order valence-electron chi connectivity index (χ1n) is 12.5. The normalized spacial score (nSPS) is 20.5. The Balaban J connectivity index is 3.02. The molecule has 6 atom stereocenters. The molecule has 35 heavy (non-hydrogen) atoms. The standard InChI is InChI=1S/C25H46N4O6/c1-9-16(2)22(28(6)21(32)14-27-24(33)25(4,5)26)19(34-7)13-20(31)29-12-10-11-18(29)23(35-8)17(3)15-30/h15-19,22-23H,9-14,26H2,1-8H3,(H,27,33). The number of methoxy groups -OCH3 is 2. The highest BCUT2D eigenvalue weighted by Gasteiger charge is 2.40. The molecular weight excluding hydrogens is 452 g/mol. The Hall–Kier alpha value is -2.04. The maximum atomic E-state index is 13.4. The van der Waals surface area contributed by atoms with Crippen molar-refractivity contribution in [3.05, 3.63) is 0 Å². The van der Waals surface area contributed by atoms with Crippen molar-refractivity contribution in [2.75, 3.05) is 34.4 Å². The van der Waals surface area contributed by atoms with Crippen LogP contribution in [0.25, 0.3) is 0 Å². The molecule has 202 valence electrons. The molecule has 1 heterocycles. The van der Waals surface area contributed by atoms with E-state index in [9.17, 15) is 19.2 Å². The topological polar surface area (TPSA) is 131 Å². The van der Waals surface area contributed by atoms with Gasteiger partial charge in [0.05, 0.1) is 42.8 Å². The molecule has 6 unspecified atom stereocenters. The largest absolute Gasteiger partial charge is 0.379 e. The SMILES string of the molecule is CCC(C)C(C(CC(=O)N1CCCC1C(OC)C(C)C=O)OC)N(C)C(=O)CNC(=O)C(C)(C)N. The van der Waals surface area contributed by atoms with Crippen LogP contribution in [-0.4, -0.2) is 98.0 Å². The number of hydrogen-bond donors (Lipinski definition) is 2. The van der Waals surface area contributed by atoms with Gasteiger partial charge in [0.25, 0.3) is 0 Å². The second-order valence-electron chi connectivity index (χ2n) is 10.3. The molecule has 0 spiro atoms. The lowest BCUT2D eigenvalue weighted by molar-refractivity contribution is -0.145. The van der Waals surface area contributed by atoms with E-state index in [2.05, 4.69) is 5.32 Å². The van der Waals surface area contributed by atoms with E-state index < -0.39 is 17.6 Å². The van der Waals surface area contributed by atoms with Crippen LogP contribution in [0.3, 0.4) is 0 Å². The average molecular weight is 499 g/mol. The summed E-state index contributed by atoms with van der Waals surface area (Å²) < 4.78 is 11.4. The zero-order valence-corrected chi connectivity index (χ0v) is 22.7. The second-order valence-corrected chi connectivity index (χ2v) is 10.3. The summed E-state index contributed by atoms with van der Waals surface area (Å²) in [6, 6.07) is -0.557. The second kappa shape index (κ2) is 13.9. The van der Waals surface area contributed by atoms with Crippen molar-refractivity contribution in [1.82, 2.24) is 15.1 Å². The number of amides is 3. The first-order chi connectivity index (χ1) is 16.3. The van der Waals surface area contributed by atoms with Gasteiger partial charge in [0.15, 0.2) is 0 Å². The highest BCUT2D eigenvalue weighted by molar-refractivity contribution is 5.89. The summed E-state index contributed by atoms with van der Waals surface area (Å²) in [5, 5.41) is 2.58. The van der Waals surface area contributed by atoms with E-state index in [4.69, 9.17) is 15.2 Å². The Morgan fingerprint density at radius 2 is 1.86 bits per heavy atom. The van der Waals surface area contributed by atoms with Crippen LogP contribution >= 0.6 is 0 Å². The maximum absolute atomic E-state index is 13.4. The summed E-state index contributed by atoms with van der Waals surface area (Å²) in [5.74, 6) is -1.09. The number of hydrogen-bond acceptors (Lipinski definition) is 7. The molecule has 0 aliphatic carbocycles. The van der Waals surface area contributed by atoms with Crippen LogP contribution in [0.15, 0.2) is 0 Å². The molecule has 1 aliphatic rings. The summed E-state index contributed by atoms with van der Waals surface area (Å²) in [4.78, 5) is 53.2. The van der Waals surface area contributed by atoms with Gasteiger partial charge in [-0.1, -0.05) is 27.2 Å². The summed E-state index contributed by atoms with van der Waals surface area (Å²) in [7, 11) is 4.77. The number of ether oxygens (including phenoxy) is 2. The van der Waals surface area contributed by atoms with Crippen LogP contribution in [0.2, 0.25) is 0 Å². The van der Waals surface area contributed by atoms with Crippen molar-refractivity contribution in [3.63, 3.8) is 0 Å². The first-order valence-corrected chi connectivity index (χ1v) is 12.5. The molecule has 0 aromatic rings. The van der Waals surface area contributed by atoms with Gasteiger partial charge in [0, 0.05) is 33.7 Å². The monoisotopic (exact) mass is 498 g/mol. The number of nitrogens with two attached hydrogens (primary N) is 1. The van der Waals surface area contributed by atoms with Crippen LogP contribution in [0.5, 0.6) is 0 Å². The van der Waals surface area contributed by atoms with Crippen LogP contribution < -0.4 is 11.1 Å². The van der Waals surface area contributed by atoms with E-state index in [1.807, 2.05) is 13.8 Å². The van der Waals surface area contributed by atoms with Crippen molar-refractivity contribution in [3.8, 4) is 0 Å². The molecule has 0 aromatic carbocycles. The van der Waals surface area contributed by atoms with Gasteiger partial charge >= 0.3 is 0 Å². The van der Waals surface area contributed by atoms with Crippen molar-refractivity contribution in [1.29, 1.82) is 0 Å². The smallest absolute Gasteiger partial charge is 0.242 e. The number of carbonyl (C=O) groups is 4. The predicted octanol–water partition coefficient (Wildman–Crippen LogP) is 0.959. The van der Waals surface area contributed by atoms with Gasteiger partial charge in [-0.05, 0) is 32.6 Å². The molecule has 0 saturated carbocycles. The summed E-state index contributed by atoms with van der Waals surface area (Å²) in [6.45, 7) is 9.36. The van der Waals surface area contributed by atoms with E-state index in [1.165, 1.54) is 7.11 Å². The van der Waals surface area contributed by atoms with Gasteiger partial charge in [0.1, 0.15) is 6.29 Å². The van der Waals surface area contributed by atoms with E-state index in [1.54, 1.807) is 44.7 Å². The molecule has 10 heteroatoms. The van der Waals surface area contributed by atoms with Gasteiger partial charge in [-0.15, -0.1) is 0 Å². The summed E-state index contributed by atoms with van der Waals surface area (Å²) in [6.07, 6.45) is 2.41. The van der Waals surface area contributed by atoms with Crippen LogP contribution in [0.4, 0.5) is 0 Å². The molecule has 1 aliphatic heterocycles. The molecule has 0 aromatic heterocycles. The molecule has 10 nitrogen and oxygen atoms in total. The minimum absolute atomic E-state index is 0.0412. The number of likely N-dealkylation sites (tertiary alicyclic amines) is 1. The minimum Gasteiger partial charge on any atom is -0.379 e. The number of likely N-dealkylation sites (N-methyl/N-ethyl adjacent to an activating group) is 1. The number of rotatable bonds is 14. The van der Waals surface area contributed by atoms with Gasteiger partial charge in [0.2, 0.25) is 17.7 Å². The Kier molecular flexibility index (Phi) is 12.3. The maximum Gasteiger partial charge on any atom is 0.242 e. The Morgan fingerprint density at radius 1 is 1.23 bits per heavy atom. The van der Waals surface area contributed by atoms with E-state index in [0.29, 0.717) is 6.54 Å². The van der Waals surface area contributed by atoms with Gasteiger partial charge < -0.3 is 35.1 Å². The van der Waals surface area contributed by atoms with Gasteiger partial charge in [-0.2, -0.15) is 0 Å². The average Bonchev–Trinajstić information content (AvgIpc) is 3.30. The highest BCUT2D eigenvalue weighted by Crippen LogP contribution is 2.28. The fraction of sp³-hybridized carbons (Fsp3) is 0.840. The van der Waals surface area contributed by atoms with E-state index >= 15 is 0 Å². The van der Waals surface area contributed by atoms with Crippen molar-refractivity contribution >= 4 is 24.0 Å². The lowest BCUT2D eigenvalue weighted by Gasteiger charge is -2.39. The molecule has 1 saturated heterocycles. The third-order valence-electron chi connectivity index (χ3n) is 7.12. The zero-order valence-electron chi connectivity index (χ0n) is 22.7. The fourth-order valence-electron chi connectivity index (χ4n) is 4.79. The predicted molar refractivity (Wildman–Crippen MR) is 133 cm³/mol. The summed E-state index contributed by atoms with van der Waals surface area (Å²) >= 11 is 0. The van der Waals surface area contributed by atoms with Gasteiger partial charge in [-0.25, -0.2) is 0 Å². The Morgan fingerprint density at radius 3 is 2.34 bits per heavy atom. The number of nitrogens with zero attached hydrogens (tertiary/aromatic N) is 2. The number of nitrogens with one attached hydrogen (secondary N) is 1. The quantitative estimate of drug-likeness (QED) is 0.341. The number of aldehydes is 1. The first kappa shape index (κ1) is 31.0. The van der Waals surface area contributed by atoms with Crippen LogP contribution in [-0.2, 0) is 28.7 Å². The minimum atomic E-state index is -1.09. The van der Waals surface area contributed by atoms with E-state index in [-0.39, 0.29) is 54.8 Å². The molecule has 0 radical (unpaired) electrons. The fourth-order valence-corrected chi connectivity index (χ4v) is 4.79. The lowest BCUT2D eigenvalue weighted by atomic mass is 9.90. The highest BCUT2D eigenvalue weighted by atomic mass is 16.5. The van der Waals surface area contributed by atoms with Crippen LogP contribution in [0.1, 0.15) is 60.3 Å². The van der Waals surface area contributed by atoms with E-state index in [0.717, 1.165) is 25.5 Å². The third-order valence-corrected chi connectivity index (χ3v) is 7.12. The molecule has 1 rings (SSSR count). The number of carbonyl (C=O) groups excluding carboxylic acids is 4. The third kappa shape index (κ3) is 8.25. The van der Waals surface area contributed by atoms with Crippen molar-refractivity contribution < 1.29 is 28.7 Å². The Bertz CT molecular complexity index is 725. The molecule has 3 amide bonds. The molecule has 3 N–H and O–H groups in total. The Labute approximate surface area is 210 Å². The molecule has 0 bridgehead atoms. The summed E-state index contributed by atoms with van der Waals surface area (Å²) in [5.41, 5.74) is 4.70.